The maximum Gasteiger partial charge on any atom is 0.110 e. The summed E-state index contributed by atoms with van der Waals surface area (Å²) in [6.07, 6.45) is 10.5. The van der Waals surface area contributed by atoms with E-state index in [1.165, 1.54) is 32.1 Å². The van der Waals surface area contributed by atoms with Gasteiger partial charge in [0.2, 0.25) is 0 Å². The van der Waals surface area contributed by atoms with Crippen molar-refractivity contribution in [3.05, 3.63) is 18.2 Å². The van der Waals surface area contributed by atoms with Gasteiger partial charge in [-0.25, -0.2) is 4.98 Å². The number of nitrogens with zero attached hydrogens (tertiary/aromatic N) is 2. The van der Waals surface area contributed by atoms with Crippen LogP contribution >= 0.6 is 0 Å². The fraction of sp³-hybridized carbons (Fsp3) is 0.786. The smallest absolute Gasteiger partial charge is 0.110 e. The highest BCUT2D eigenvalue weighted by molar-refractivity contribution is 4.94. The van der Waals surface area contributed by atoms with Crippen molar-refractivity contribution < 1.29 is 5.11 Å². The van der Waals surface area contributed by atoms with E-state index in [0.29, 0.717) is 12.3 Å². The van der Waals surface area contributed by atoms with E-state index < -0.39 is 0 Å². The molecule has 1 aliphatic rings. The van der Waals surface area contributed by atoms with Gasteiger partial charge in [-0.05, 0) is 24.7 Å². The molecule has 0 spiro atoms. The molecule has 0 amide bonds. The first kappa shape index (κ1) is 12.6. The van der Waals surface area contributed by atoms with Gasteiger partial charge in [0.15, 0.2) is 0 Å². The summed E-state index contributed by atoms with van der Waals surface area (Å²) in [5, 5.41) is 10.3. The predicted octanol–water partition coefficient (Wildman–Crippen LogP) is 2.54. The van der Waals surface area contributed by atoms with Crippen molar-refractivity contribution in [2.45, 2.75) is 51.6 Å². The van der Waals surface area contributed by atoms with E-state index in [9.17, 15) is 5.11 Å². The third kappa shape index (κ3) is 3.09. The Bertz CT molecular complexity index is 348. The highest BCUT2D eigenvalue weighted by atomic mass is 16.3. The number of hydrogen-bond donors (Lipinski definition) is 1. The topological polar surface area (TPSA) is 38.1 Å². The van der Waals surface area contributed by atoms with Crippen LogP contribution in [0.1, 0.15) is 44.9 Å². The number of aromatic nitrogens is 2. The molecule has 0 aliphatic heterocycles. The molecule has 1 heterocycles. The summed E-state index contributed by atoms with van der Waals surface area (Å²) >= 11 is 0. The Morgan fingerprint density at radius 1 is 1.53 bits per heavy atom. The van der Waals surface area contributed by atoms with Crippen LogP contribution < -0.4 is 0 Å². The van der Waals surface area contributed by atoms with E-state index in [2.05, 4.69) is 11.9 Å². The second-order valence-corrected chi connectivity index (χ2v) is 5.43. The molecule has 1 aromatic rings. The van der Waals surface area contributed by atoms with E-state index in [1.807, 2.05) is 17.8 Å². The number of imidazole rings is 1. The highest BCUT2D eigenvalue weighted by Gasteiger charge is 2.27. The van der Waals surface area contributed by atoms with Crippen molar-refractivity contribution >= 4 is 0 Å². The molecule has 3 unspecified atom stereocenters. The van der Waals surface area contributed by atoms with E-state index in [-0.39, 0.29) is 6.10 Å². The summed E-state index contributed by atoms with van der Waals surface area (Å²) in [6.45, 7) is 2.26. The van der Waals surface area contributed by atoms with Gasteiger partial charge < -0.3 is 9.67 Å². The fourth-order valence-electron chi connectivity index (χ4n) is 3.00. The predicted molar refractivity (Wildman–Crippen MR) is 68.7 cm³/mol. The van der Waals surface area contributed by atoms with E-state index >= 15 is 0 Å². The molecule has 3 nitrogen and oxygen atoms in total. The Labute approximate surface area is 104 Å². The monoisotopic (exact) mass is 236 g/mol. The van der Waals surface area contributed by atoms with Gasteiger partial charge in [0.1, 0.15) is 5.82 Å². The van der Waals surface area contributed by atoms with Crippen LogP contribution in [-0.4, -0.2) is 20.8 Å². The molecule has 1 aliphatic carbocycles. The van der Waals surface area contributed by atoms with Crippen LogP contribution in [-0.2, 0) is 13.5 Å². The molecule has 96 valence electrons. The maximum absolute atomic E-state index is 10.3. The largest absolute Gasteiger partial charge is 0.392 e. The summed E-state index contributed by atoms with van der Waals surface area (Å²) in [5.74, 6) is 2.30. The molecule has 1 saturated carbocycles. The van der Waals surface area contributed by atoms with Crippen LogP contribution in [0.4, 0.5) is 0 Å². The Morgan fingerprint density at radius 2 is 2.35 bits per heavy atom. The van der Waals surface area contributed by atoms with Gasteiger partial charge in [0.25, 0.3) is 0 Å². The van der Waals surface area contributed by atoms with Crippen molar-refractivity contribution in [2.24, 2.45) is 18.9 Å². The van der Waals surface area contributed by atoms with E-state index in [0.717, 1.165) is 11.7 Å². The molecule has 0 saturated heterocycles. The third-order valence-corrected chi connectivity index (χ3v) is 4.26. The van der Waals surface area contributed by atoms with Crippen molar-refractivity contribution in [1.82, 2.24) is 9.55 Å². The quantitative estimate of drug-likeness (QED) is 0.872. The summed E-state index contributed by atoms with van der Waals surface area (Å²) in [4.78, 5) is 4.29. The first-order chi connectivity index (χ1) is 8.20. The van der Waals surface area contributed by atoms with Gasteiger partial charge in [0.05, 0.1) is 6.10 Å². The van der Waals surface area contributed by atoms with Gasteiger partial charge in [-0.3, -0.25) is 0 Å². The standard InChI is InChI=1S/C14H24N2O/c1-3-11-5-4-6-12(9-11)13(17)10-14-15-7-8-16(14)2/h7-8,11-13,17H,3-6,9-10H2,1-2H3. The molecule has 1 fully saturated rings. The van der Waals surface area contributed by atoms with Crippen molar-refractivity contribution in [3.8, 4) is 0 Å². The van der Waals surface area contributed by atoms with Crippen LogP contribution in [0.25, 0.3) is 0 Å². The van der Waals surface area contributed by atoms with Crippen molar-refractivity contribution in [2.75, 3.05) is 0 Å². The van der Waals surface area contributed by atoms with Gasteiger partial charge in [-0.2, -0.15) is 0 Å². The molecule has 0 radical (unpaired) electrons. The molecule has 2 rings (SSSR count). The van der Waals surface area contributed by atoms with Crippen molar-refractivity contribution in [3.63, 3.8) is 0 Å². The lowest BCUT2D eigenvalue weighted by Crippen LogP contribution is -2.29. The van der Waals surface area contributed by atoms with E-state index in [4.69, 9.17) is 0 Å². The van der Waals surface area contributed by atoms with Crippen molar-refractivity contribution in [1.29, 1.82) is 0 Å². The summed E-state index contributed by atoms with van der Waals surface area (Å²) in [6, 6.07) is 0. The zero-order chi connectivity index (χ0) is 12.3. The summed E-state index contributed by atoms with van der Waals surface area (Å²) in [5.41, 5.74) is 0. The second-order valence-electron chi connectivity index (χ2n) is 5.43. The zero-order valence-electron chi connectivity index (χ0n) is 11.0. The number of aliphatic hydroxyl groups is 1. The van der Waals surface area contributed by atoms with Gasteiger partial charge in [0, 0.05) is 25.9 Å². The number of aliphatic hydroxyl groups excluding tert-OH is 1. The lowest BCUT2D eigenvalue weighted by Gasteiger charge is -2.31. The molecular formula is C14H24N2O. The Kier molecular flexibility index (Phi) is 4.21. The number of hydrogen-bond acceptors (Lipinski definition) is 2. The molecule has 17 heavy (non-hydrogen) atoms. The van der Waals surface area contributed by atoms with Crippen LogP contribution in [0, 0.1) is 11.8 Å². The van der Waals surface area contributed by atoms with Crippen LogP contribution in [0.2, 0.25) is 0 Å². The maximum atomic E-state index is 10.3. The first-order valence-corrected chi connectivity index (χ1v) is 6.85. The Hall–Kier alpha value is -0.830. The zero-order valence-corrected chi connectivity index (χ0v) is 11.0. The average molecular weight is 236 g/mol. The molecule has 1 aromatic heterocycles. The van der Waals surface area contributed by atoms with Gasteiger partial charge in [-0.15, -0.1) is 0 Å². The van der Waals surface area contributed by atoms with Crippen LogP contribution in [0.3, 0.4) is 0 Å². The summed E-state index contributed by atoms with van der Waals surface area (Å²) in [7, 11) is 1.99. The minimum Gasteiger partial charge on any atom is -0.392 e. The molecular weight excluding hydrogens is 212 g/mol. The number of rotatable bonds is 4. The average Bonchev–Trinajstić information content (AvgIpc) is 2.75. The lowest BCUT2D eigenvalue weighted by molar-refractivity contribution is 0.0665. The minimum absolute atomic E-state index is 0.217. The van der Waals surface area contributed by atoms with Gasteiger partial charge in [-0.1, -0.05) is 26.2 Å². The first-order valence-electron chi connectivity index (χ1n) is 6.85. The van der Waals surface area contributed by atoms with E-state index in [1.54, 1.807) is 6.20 Å². The van der Waals surface area contributed by atoms with Crippen LogP contribution in [0.15, 0.2) is 12.4 Å². The SMILES string of the molecule is CCC1CCCC(C(O)Cc2nccn2C)C1. The fourth-order valence-corrected chi connectivity index (χ4v) is 3.00. The lowest BCUT2D eigenvalue weighted by atomic mass is 9.77. The number of aryl methyl sites for hydroxylation is 1. The Morgan fingerprint density at radius 3 is 3.00 bits per heavy atom. The molecule has 0 aromatic carbocycles. The Balaban J connectivity index is 1.91. The normalized spacial score (nSPS) is 27.0. The summed E-state index contributed by atoms with van der Waals surface area (Å²) < 4.78 is 2.00. The highest BCUT2D eigenvalue weighted by Crippen LogP contribution is 2.33. The second kappa shape index (κ2) is 5.67. The van der Waals surface area contributed by atoms with Crippen LogP contribution in [0.5, 0.6) is 0 Å². The molecule has 3 atom stereocenters. The third-order valence-electron chi connectivity index (χ3n) is 4.26. The molecule has 1 N–H and O–H groups in total. The minimum atomic E-state index is -0.217. The molecule has 3 heteroatoms. The van der Waals surface area contributed by atoms with Gasteiger partial charge >= 0.3 is 0 Å². The molecule has 0 bridgehead atoms.